The zero-order chi connectivity index (χ0) is 14.5. The predicted octanol–water partition coefficient (Wildman–Crippen LogP) is 4.26. The van der Waals surface area contributed by atoms with E-state index in [9.17, 15) is 9.50 Å². The Morgan fingerprint density at radius 1 is 1.25 bits per heavy atom. The van der Waals surface area contributed by atoms with Gasteiger partial charge in [0.25, 0.3) is 0 Å². The summed E-state index contributed by atoms with van der Waals surface area (Å²) in [6.45, 7) is 2.50. The third-order valence-electron chi connectivity index (χ3n) is 2.98. The second kappa shape index (κ2) is 6.86. The van der Waals surface area contributed by atoms with E-state index in [1.807, 2.05) is 31.2 Å². The van der Waals surface area contributed by atoms with Gasteiger partial charge in [-0.1, -0.05) is 34.1 Å². The summed E-state index contributed by atoms with van der Waals surface area (Å²) < 4.78 is 19.1. The van der Waals surface area contributed by atoms with Crippen molar-refractivity contribution in [3.05, 3.63) is 63.9 Å². The van der Waals surface area contributed by atoms with Crippen LogP contribution in [0.2, 0.25) is 0 Å². The third-order valence-corrected chi connectivity index (χ3v) is 3.72. The van der Waals surface area contributed by atoms with Crippen LogP contribution in [0, 0.1) is 5.82 Å². The fraction of sp³-hybridized carbons (Fsp3) is 0.250. The minimum Gasteiger partial charge on any atom is -0.494 e. The molecule has 0 aliphatic carbocycles. The Kier molecular flexibility index (Phi) is 5.15. The van der Waals surface area contributed by atoms with Crippen molar-refractivity contribution in [2.75, 3.05) is 6.61 Å². The van der Waals surface area contributed by atoms with E-state index in [1.165, 1.54) is 12.1 Å². The molecule has 0 aromatic heterocycles. The number of aliphatic hydroxyl groups is 1. The van der Waals surface area contributed by atoms with Gasteiger partial charge >= 0.3 is 0 Å². The lowest BCUT2D eigenvalue weighted by atomic mass is 10.0. The minimum atomic E-state index is -0.655. The summed E-state index contributed by atoms with van der Waals surface area (Å²) in [5.74, 6) is 0.440. The number of halogens is 2. The van der Waals surface area contributed by atoms with E-state index in [0.29, 0.717) is 17.5 Å². The third kappa shape index (κ3) is 3.81. The van der Waals surface area contributed by atoms with Crippen LogP contribution in [0.3, 0.4) is 0 Å². The molecule has 0 saturated heterocycles. The number of benzene rings is 2. The van der Waals surface area contributed by atoms with Crippen LogP contribution >= 0.6 is 15.9 Å². The fourth-order valence-electron chi connectivity index (χ4n) is 1.99. The van der Waals surface area contributed by atoms with Gasteiger partial charge in [-0.25, -0.2) is 4.39 Å². The van der Waals surface area contributed by atoms with Crippen molar-refractivity contribution in [1.82, 2.24) is 0 Å². The summed E-state index contributed by atoms with van der Waals surface area (Å²) in [5, 5.41) is 10.3. The van der Waals surface area contributed by atoms with Crippen LogP contribution in [0.25, 0.3) is 0 Å². The Hall–Kier alpha value is -1.39. The first kappa shape index (κ1) is 15.0. The molecule has 20 heavy (non-hydrogen) atoms. The molecule has 0 spiro atoms. The maximum atomic E-state index is 13.0. The minimum absolute atomic E-state index is 0.298. The molecule has 2 aromatic carbocycles. The first-order valence-electron chi connectivity index (χ1n) is 6.45. The van der Waals surface area contributed by atoms with Crippen molar-refractivity contribution < 1.29 is 14.2 Å². The quantitative estimate of drug-likeness (QED) is 0.882. The van der Waals surface area contributed by atoms with Crippen molar-refractivity contribution in [1.29, 1.82) is 0 Å². The van der Waals surface area contributed by atoms with E-state index in [2.05, 4.69) is 15.9 Å². The molecule has 0 heterocycles. The number of rotatable bonds is 5. The van der Waals surface area contributed by atoms with Crippen LogP contribution in [-0.2, 0) is 6.42 Å². The first-order valence-corrected chi connectivity index (χ1v) is 7.24. The summed E-state index contributed by atoms with van der Waals surface area (Å²) in [7, 11) is 0. The number of hydrogen-bond acceptors (Lipinski definition) is 2. The second-order valence-electron chi connectivity index (χ2n) is 4.46. The standard InChI is InChI=1S/C16H16BrFO2/c1-2-20-14-5-3-4-12(8-14)16(19)9-11-6-7-13(18)10-15(11)17/h3-8,10,16,19H,2,9H2,1H3. The average molecular weight is 339 g/mol. The van der Waals surface area contributed by atoms with Gasteiger partial charge in [0, 0.05) is 10.9 Å². The highest BCUT2D eigenvalue weighted by Crippen LogP contribution is 2.26. The molecule has 2 aromatic rings. The van der Waals surface area contributed by atoms with Crippen molar-refractivity contribution in [3.8, 4) is 5.75 Å². The zero-order valence-electron chi connectivity index (χ0n) is 11.1. The van der Waals surface area contributed by atoms with Gasteiger partial charge in [-0.15, -0.1) is 0 Å². The lowest BCUT2D eigenvalue weighted by molar-refractivity contribution is 0.177. The van der Waals surface area contributed by atoms with Crippen molar-refractivity contribution in [3.63, 3.8) is 0 Å². The Bertz CT molecular complexity index is 586. The highest BCUT2D eigenvalue weighted by molar-refractivity contribution is 9.10. The molecule has 1 atom stereocenters. The molecule has 2 rings (SSSR count). The molecule has 0 bridgehead atoms. The normalized spacial score (nSPS) is 12.2. The molecule has 106 valence electrons. The summed E-state index contributed by atoms with van der Waals surface area (Å²) in [6.07, 6.45) is -0.242. The van der Waals surface area contributed by atoms with Gasteiger partial charge in [0.1, 0.15) is 11.6 Å². The highest BCUT2D eigenvalue weighted by Gasteiger charge is 2.12. The van der Waals surface area contributed by atoms with Crippen LogP contribution in [0.15, 0.2) is 46.9 Å². The molecular formula is C16H16BrFO2. The SMILES string of the molecule is CCOc1cccc(C(O)Cc2ccc(F)cc2Br)c1. The largest absolute Gasteiger partial charge is 0.494 e. The fourth-order valence-corrected chi connectivity index (χ4v) is 2.50. The Labute approximate surface area is 126 Å². The van der Waals surface area contributed by atoms with Crippen LogP contribution in [0.5, 0.6) is 5.75 Å². The molecule has 1 N–H and O–H groups in total. The van der Waals surface area contributed by atoms with Gasteiger partial charge in [0.2, 0.25) is 0 Å². The molecule has 0 radical (unpaired) electrons. The number of aliphatic hydroxyl groups excluding tert-OH is 1. The van der Waals surface area contributed by atoms with Crippen molar-refractivity contribution in [2.24, 2.45) is 0 Å². The summed E-state index contributed by atoms with van der Waals surface area (Å²) in [6, 6.07) is 11.9. The second-order valence-corrected chi connectivity index (χ2v) is 5.32. The van der Waals surface area contributed by atoms with Gasteiger partial charge in [0.15, 0.2) is 0 Å². The van der Waals surface area contributed by atoms with Gasteiger partial charge in [-0.3, -0.25) is 0 Å². The Balaban J connectivity index is 2.15. The van der Waals surface area contributed by atoms with E-state index in [-0.39, 0.29) is 5.82 Å². The van der Waals surface area contributed by atoms with Crippen LogP contribution < -0.4 is 4.74 Å². The van der Waals surface area contributed by atoms with Gasteiger partial charge in [0.05, 0.1) is 12.7 Å². The lowest BCUT2D eigenvalue weighted by Crippen LogP contribution is -2.03. The van der Waals surface area contributed by atoms with Crippen LogP contribution in [0.1, 0.15) is 24.2 Å². The molecule has 0 aliphatic rings. The van der Waals surface area contributed by atoms with E-state index in [0.717, 1.165) is 16.9 Å². The zero-order valence-corrected chi connectivity index (χ0v) is 12.7. The predicted molar refractivity (Wildman–Crippen MR) is 80.4 cm³/mol. The van der Waals surface area contributed by atoms with Gasteiger partial charge in [-0.05, 0) is 42.3 Å². The molecule has 2 nitrogen and oxygen atoms in total. The maximum Gasteiger partial charge on any atom is 0.124 e. The maximum absolute atomic E-state index is 13.0. The topological polar surface area (TPSA) is 29.5 Å². The van der Waals surface area contributed by atoms with Gasteiger partial charge < -0.3 is 9.84 Å². The monoisotopic (exact) mass is 338 g/mol. The van der Waals surface area contributed by atoms with E-state index in [1.54, 1.807) is 6.07 Å². The van der Waals surface area contributed by atoms with Gasteiger partial charge in [-0.2, -0.15) is 0 Å². The average Bonchev–Trinajstić information content (AvgIpc) is 2.42. The van der Waals surface area contributed by atoms with E-state index in [4.69, 9.17) is 4.74 Å². The van der Waals surface area contributed by atoms with E-state index >= 15 is 0 Å². The summed E-state index contributed by atoms with van der Waals surface area (Å²) in [4.78, 5) is 0. The molecule has 1 unspecified atom stereocenters. The summed E-state index contributed by atoms with van der Waals surface area (Å²) in [5.41, 5.74) is 1.65. The highest BCUT2D eigenvalue weighted by atomic mass is 79.9. The Morgan fingerprint density at radius 2 is 2.05 bits per heavy atom. The smallest absolute Gasteiger partial charge is 0.124 e. The molecule has 4 heteroatoms. The van der Waals surface area contributed by atoms with E-state index < -0.39 is 6.10 Å². The lowest BCUT2D eigenvalue weighted by Gasteiger charge is -2.13. The molecule has 0 fully saturated rings. The first-order chi connectivity index (χ1) is 9.60. The van der Waals surface area contributed by atoms with Crippen molar-refractivity contribution >= 4 is 15.9 Å². The number of hydrogen-bond donors (Lipinski definition) is 1. The molecule has 0 aliphatic heterocycles. The Morgan fingerprint density at radius 3 is 2.75 bits per heavy atom. The molecule has 0 amide bonds. The molecular weight excluding hydrogens is 323 g/mol. The summed E-state index contributed by atoms with van der Waals surface area (Å²) >= 11 is 3.31. The van der Waals surface area contributed by atoms with Crippen LogP contribution in [0.4, 0.5) is 4.39 Å². The number of ether oxygens (including phenoxy) is 1. The molecule has 0 saturated carbocycles. The van der Waals surface area contributed by atoms with Crippen LogP contribution in [-0.4, -0.2) is 11.7 Å². The van der Waals surface area contributed by atoms with Crippen molar-refractivity contribution in [2.45, 2.75) is 19.4 Å².